The van der Waals surface area contributed by atoms with Crippen LogP contribution in [0.2, 0.25) is 0 Å². The van der Waals surface area contributed by atoms with Crippen LogP contribution in [0.15, 0.2) is 22.7 Å². The van der Waals surface area contributed by atoms with Gasteiger partial charge in [0.15, 0.2) is 5.69 Å². The van der Waals surface area contributed by atoms with Gasteiger partial charge in [-0.15, -0.1) is 0 Å². The van der Waals surface area contributed by atoms with Crippen LogP contribution in [0.4, 0.5) is 24.5 Å². The predicted octanol–water partition coefficient (Wildman–Crippen LogP) is 4.96. The van der Waals surface area contributed by atoms with Crippen LogP contribution < -0.4 is 5.32 Å². The molecule has 0 spiro atoms. The SMILES string of the molecule is Cc1ccc(NC(=O)C(C)n2nc(C(F)(F)F)c(Br)c2C2CC2)c([N+](=O)[O-])c1. The minimum absolute atomic E-state index is 0.0253. The average molecular weight is 461 g/mol. The van der Waals surface area contributed by atoms with Crippen LogP contribution in [0, 0.1) is 17.0 Å². The van der Waals surface area contributed by atoms with Crippen molar-refractivity contribution in [2.24, 2.45) is 0 Å². The number of hydrogen-bond acceptors (Lipinski definition) is 4. The molecule has 1 aliphatic carbocycles. The van der Waals surface area contributed by atoms with E-state index in [1.54, 1.807) is 13.0 Å². The van der Waals surface area contributed by atoms with Crippen LogP contribution in [-0.4, -0.2) is 20.6 Å². The average Bonchev–Trinajstić information content (AvgIpc) is 3.36. The highest BCUT2D eigenvalue weighted by Gasteiger charge is 2.43. The van der Waals surface area contributed by atoms with Gasteiger partial charge in [-0.05, 0) is 54.2 Å². The van der Waals surface area contributed by atoms with Gasteiger partial charge in [0, 0.05) is 12.0 Å². The second-order valence-corrected chi connectivity index (χ2v) is 7.50. The van der Waals surface area contributed by atoms with E-state index in [0.717, 1.165) is 4.68 Å². The molecule has 1 aromatic carbocycles. The van der Waals surface area contributed by atoms with E-state index in [1.807, 2.05) is 0 Å². The number of nitro benzene ring substituents is 1. The number of halogens is 4. The molecule has 0 radical (unpaired) electrons. The highest BCUT2D eigenvalue weighted by Crippen LogP contribution is 2.47. The van der Waals surface area contributed by atoms with Crippen molar-refractivity contribution in [3.05, 3.63) is 49.7 Å². The third-order valence-electron chi connectivity index (χ3n) is 4.47. The number of aromatic nitrogens is 2. The summed E-state index contributed by atoms with van der Waals surface area (Å²) >= 11 is 2.98. The molecule has 3 rings (SSSR count). The van der Waals surface area contributed by atoms with E-state index in [9.17, 15) is 28.1 Å². The number of benzene rings is 1. The Kier molecular flexibility index (Phi) is 5.22. The molecule has 2 aromatic rings. The first-order chi connectivity index (χ1) is 13.0. The Morgan fingerprint density at radius 3 is 2.61 bits per heavy atom. The van der Waals surface area contributed by atoms with Gasteiger partial charge in [0.2, 0.25) is 5.91 Å². The van der Waals surface area contributed by atoms with Gasteiger partial charge < -0.3 is 5.32 Å². The largest absolute Gasteiger partial charge is 0.436 e. The zero-order valence-corrected chi connectivity index (χ0v) is 16.5. The summed E-state index contributed by atoms with van der Waals surface area (Å²) < 4.78 is 40.6. The summed E-state index contributed by atoms with van der Waals surface area (Å²) in [6.45, 7) is 3.07. The van der Waals surface area contributed by atoms with Gasteiger partial charge in [-0.1, -0.05) is 6.07 Å². The van der Waals surface area contributed by atoms with Crippen LogP contribution in [-0.2, 0) is 11.0 Å². The van der Waals surface area contributed by atoms with Crippen molar-refractivity contribution in [3.63, 3.8) is 0 Å². The van der Waals surface area contributed by atoms with Crippen LogP contribution in [0.1, 0.15) is 48.7 Å². The van der Waals surface area contributed by atoms with Gasteiger partial charge in [-0.2, -0.15) is 18.3 Å². The summed E-state index contributed by atoms with van der Waals surface area (Å²) in [6, 6.07) is 3.20. The van der Waals surface area contributed by atoms with Crippen LogP contribution in [0.3, 0.4) is 0 Å². The first-order valence-electron chi connectivity index (χ1n) is 8.41. The third kappa shape index (κ3) is 3.89. The third-order valence-corrected chi connectivity index (χ3v) is 5.26. The molecule has 150 valence electrons. The minimum Gasteiger partial charge on any atom is -0.319 e. The Hall–Kier alpha value is -2.43. The van der Waals surface area contributed by atoms with E-state index in [1.165, 1.54) is 19.1 Å². The Morgan fingerprint density at radius 1 is 1.43 bits per heavy atom. The van der Waals surface area contributed by atoms with Crippen LogP contribution >= 0.6 is 15.9 Å². The van der Waals surface area contributed by atoms with E-state index in [0.29, 0.717) is 24.1 Å². The van der Waals surface area contributed by atoms with E-state index >= 15 is 0 Å². The highest BCUT2D eigenvalue weighted by molar-refractivity contribution is 9.10. The van der Waals surface area contributed by atoms with E-state index in [4.69, 9.17) is 0 Å². The van der Waals surface area contributed by atoms with Crippen molar-refractivity contribution in [3.8, 4) is 0 Å². The quantitative estimate of drug-likeness (QED) is 0.504. The molecule has 11 heteroatoms. The van der Waals surface area contributed by atoms with Crippen molar-refractivity contribution in [1.29, 1.82) is 0 Å². The minimum atomic E-state index is -4.67. The van der Waals surface area contributed by atoms with Gasteiger partial charge in [-0.25, -0.2) is 0 Å². The molecule has 1 unspecified atom stereocenters. The fourth-order valence-corrected chi connectivity index (χ4v) is 3.68. The summed E-state index contributed by atoms with van der Waals surface area (Å²) in [7, 11) is 0. The number of nitrogens with zero attached hydrogens (tertiary/aromatic N) is 3. The fourth-order valence-electron chi connectivity index (χ4n) is 2.87. The maximum Gasteiger partial charge on any atom is 0.436 e. The standard InChI is InChI=1S/C17H16BrF3N4O3/c1-8-3-6-11(12(7-8)25(27)28)22-16(26)9(2)24-14(10-4-5-10)13(18)15(23-24)17(19,20)21/h3,6-7,9-10H,4-5H2,1-2H3,(H,22,26). The Labute approximate surface area is 166 Å². The highest BCUT2D eigenvalue weighted by atomic mass is 79.9. The molecule has 1 aromatic heterocycles. The Balaban J connectivity index is 1.94. The molecule has 1 atom stereocenters. The first kappa shape index (κ1) is 20.3. The molecule has 1 saturated carbocycles. The number of carbonyl (C=O) groups is 1. The van der Waals surface area contributed by atoms with Crippen molar-refractivity contribution < 1.29 is 22.9 Å². The maximum atomic E-state index is 13.2. The molecule has 0 aliphatic heterocycles. The Bertz CT molecular complexity index is 954. The van der Waals surface area contributed by atoms with E-state index in [-0.39, 0.29) is 21.8 Å². The number of carbonyl (C=O) groups excluding carboxylic acids is 1. The van der Waals surface area contributed by atoms with Gasteiger partial charge in [0.1, 0.15) is 11.7 Å². The fraction of sp³-hybridized carbons (Fsp3) is 0.412. The summed E-state index contributed by atoms with van der Waals surface area (Å²) in [6.07, 6.45) is -3.25. The van der Waals surface area contributed by atoms with E-state index < -0.39 is 28.7 Å². The smallest absolute Gasteiger partial charge is 0.319 e. The molecule has 0 saturated heterocycles. The molecule has 28 heavy (non-hydrogen) atoms. The van der Waals surface area contributed by atoms with Crippen LogP contribution in [0.5, 0.6) is 0 Å². The topological polar surface area (TPSA) is 90.1 Å². The number of rotatable bonds is 5. The van der Waals surface area contributed by atoms with Crippen molar-refractivity contribution >= 4 is 33.2 Å². The number of alkyl halides is 3. The summed E-state index contributed by atoms with van der Waals surface area (Å²) in [5.41, 5.74) is -0.452. The summed E-state index contributed by atoms with van der Waals surface area (Å²) in [5, 5.41) is 17.3. The van der Waals surface area contributed by atoms with Crippen molar-refractivity contribution in [1.82, 2.24) is 9.78 Å². The number of nitro groups is 1. The molecule has 1 heterocycles. The van der Waals surface area contributed by atoms with Gasteiger partial charge in [0.05, 0.1) is 15.1 Å². The number of anilines is 1. The normalized spacial score (nSPS) is 15.4. The number of hydrogen-bond donors (Lipinski definition) is 1. The number of amides is 1. The second-order valence-electron chi connectivity index (χ2n) is 6.71. The number of aryl methyl sites for hydroxylation is 1. The van der Waals surface area contributed by atoms with Crippen LogP contribution in [0.25, 0.3) is 0 Å². The van der Waals surface area contributed by atoms with Crippen molar-refractivity contribution in [2.75, 3.05) is 5.32 Å². The molecule has 1 N–H and O–H groups in total. The molecule has 7 nitrogen and oxygen atoms in total. The molecular formula is C17H16BrF3N4O3. The molecule has 0 bridgehead atoms. The zero-order chi connectivity index (χ0) is 20.8. The monoisotopic (exact) mass is 460 g/mol. The lowest BCUT2D eigenvalue weighted by atomic mass is 10.2. The lowest BCUT2D eigenvalue weighted by Crippen LogP contribution is -2.26. The maximum absolute atomic E-state index is 13.2. The van der Waals surface area contributed by atoms with E-state index in [2.05, 4.69) is 26.3 Å². The summed E-state index contributed by atoms with van der Waals surface area (Å²) in [5.74, 6) is -0.806. The predicted molar refractivity (Wildman–Crippen MR) is 98.1 cm³/mol. The Morgan fingerprint density at radius 2 is 2.07 bits per heavy atom. The van der Waals surface area contributed by atoms with Gasteiger partial charge in [0.25, 0.3) is 5.69 Å². The molecule has 1 amide bonds. The first-order valence-corrected chi connectivity index (χ1v) is 9.21. The zero-order valence-electron chi connectivity index (χ0n) is 14.9. The number of nitrogens with one attached hydrogen (secondary N) is 1. The second kappa shape index (κ2) is 7.19. The lowest BCUT2D eigenvalue weighted by Gasteiger charge is -2.16. The van der Waals surface area contributed by atoms with Gasteiger partial charge in [-0.3, -0.25) is 19.6 Å². The lowest BCUT2D eigenvalue weighted by molar-refractivity contribution is -0.384. The summed E-state index contributed by atoms with van der Waals surface area (Å²) in [4.78, 5) is 23.2. The molecular weight excluding hydrogens is 445 g/mol. The molecule has 1 fully saturated rings. The molecule has 1 aliphatic rings. The van der Waals surface area contributed by atoms with Gasteiger partial charge >= 0.3 is 6.18 Å². The van der Waals surface area contributed by atoms with Crippen molar-refractivity contribution in [2.45, 2.75) is 44.8 Å².